The van der Waals surface area contributed by atoms with Gasteiger partial charge in [-0.15, -0.1) is 0 Å². The predicted octanol–water partition coefficient (Wildman–Crippen LogP) is 2.88. The van der Waals surface area contributed by atoms with Crippen LogP contribution in [0.3, 0.4) is 0 Å². The van der Waals surface area contributed by atoms with Crippen molar-refractivity contribution in [3.8, 4) is 17.1 Å². The summed E-state index contributed by atoms with van der Waals surface area (Å²) in [6.07, 6.45) is 2.90. The average Bonchev–Trinajstić information content (AvgIpc) is 3.46. The highest BCUT2D eigenvalue weighted by Gasteiger charge is 2.27. The fourth-order valence-corrected chi connectivity index (χ4v) is 5.04. The number of aromatic nitrogens is 3. The first-order valence-electron chi connectivity index (χ1n) is 10.2. The molecule has 160 valence electrons. The molecular formula is C22H22N4O4S. The van der Waals surface area contributed by atoms with E-state index < -0.39 is 0 Å². The standard InChI is InChI=1S/C22H22N4O4S/c1-12-9-24-22-26(21(12)28)17(11-31-22)8-20(27)23-10-16-7-19(30-25-16)15-4-3-14-5-13(2)29-18(14)6-15/h3-4,6-7,9,13,17H,5,8,10-11H2,1-2H3,(H,23,27)/t13-,17-/m0/s1. The van der Waals surface area contributed by atoms with Crippen LogP contribution in [0.25, 0.3) is 11.3 Å². The van der Waals surface area contributed by atoms with Crippen molar-refractivity contribution in [2.24, 2.45) is 0 Å². The van der Waals surface area contributed by atoms with Crippen LogP contribution in [0.15, 0.2) is 44.9 Å². The minimum absolute atomic E-state index is 0.0818. The van der Waals surface area contributed by atoms with E-state index in [0.717, 1.165) is 17.7 Å². The van der Waals surface area contributed by atoms with E-state index in [2.05, 4.69) is 15.5 Å². The number of fused-ring (bicyclic) bond motifs is 2. The van der Waals surface area contributed by atoms with Gasteiger partial charge in [-0.05, 0) is 25.5 Å². The molecular weight excluding hydrogens is 416 g/mol. The molecule has 0 radical (unpaired) electrons. The highest BCUT2D eigenvalue weighted by molar-refractivity contribution is 7.99. The van der Waals surface area contributed by atoms with E-state index in [0.29, 0.717) is 27.9 Å². The van der Waals surface area contributed by atoms with E-state index in [4.69, 9.17) is 9.26 Å². The van der Waals surface area contributed by atoms with Crippen molar-refractivity contribution in [1.29, 1.82) is 0 Å². The van der Waals surface area contributed by atoms with Crippen molar-refractivity contribution in [3.63, 3.8) is 0 Å². The van der Waals surface area contributed by atoms with Crippen LogP contribution in [-0.4, -0.2) is 32.5 Å². The summed E-state index contributed by atoms with van der Waals surface area (Å²) in [6.45, 7) is 4.04. The molecule has 2 aromatic heterocycles. The Bertz CT molecular complexity index is 1220. The van der Waals surface area contributed by atoms with Crippen molar-refractivity contribution < 1.29 is 14.1 Å². The zero-order valence-electron chi connectivity index (χ0n) is 17.3. The number of aryl methyl sites for hydroxylation is 1. The lowest BCUT2D eigenvalue weighted by Gasteiger charge is -2.13. The molecule has 0 unspecified atom stereocenters. The summed E-state index contributed by atoms with van der Waals surface area (Å²) < 4.78 is 12.9. The number of nitrogens with one attached hydrogen (secondary N) is 1. The SMILES string of the molecule is Cc1cnc2n(c1=O)[C@@H](CC(=O)NCc1cc(-c3ccc4c(c3)O[C@@H](C)C4)on1)CS2. The number of carbonyl (C=O) groups is 1. The number of hydrogen-bond acceptors (Lipinski definition) is 7. The predicted molar refractivity (Wildman–Crippen MR) is 115 cm³/mol. The summed E-state index contributed by atoms with van der Waals surface area (Å²) in [5, 5.41) is 7.61. The molecule has 2 aliphatic rings. The van der Waals surface area contributed by atoms with Gasteiger partial charge in [-0.3, -0.25) is 14.2 Å². The largest absolute Gasteiger partial charge is 0.490 e. The lowest BCUT2D eigenvalue weighted by molar-refractivity contribution is -0.121. The maximum atomic E-state index is 12.5. The van der Waals surface area contributed by atoms with Gasteiger partial charge in [-0.25, -0.2) is 4.98 Å². The van der Waals surface area contributed by atoms with Crippen LogP contribution in [-0.2, 0) is 17.8 Å². The highest BCUT2D eigenvalue weighted by Crippen LogP contribution is 2.34. The lowest BCUT2D eigenvalue weighted by atomic mass is 10.1. The second kappa shape index (κ2) is 7.88. The zero-order valence-corrected chi connectivity index (χ0v) is 18.1. The van der Waals surface area contributed by atoms with Crippen LogP contribution in [0.1, 0.15) is 36.2 Å². The van der Waals surface area contributed by atoms with E-state index in [1.807, 2.05) is 31.2 Å². The Kier molecular flexibility index (Phi) is 5.05. The molecule has 5 rings (SSSR count). The monoisotopic (exact) mass is 438 g/mol. The number of nitrogens with zero attached hydrogens (tertiary/aromatic N) is 3. The van der Waals surface area contributed by atoms with E-state index in [1.54, 1.807) is 17.7 Å². The van der Waals surface area contributed by atoms with Crippen molar-refractivity contribution >= 4 is 17.7 Å². The Morgan fingerprint density at radius 2 is 2.23 bits per heavy atom. The number of thioether (sulfide) groups is 1. The summed E-state index contributed by atoms with van der Waals surface area (Å²) in [6, 6.07) is 7.63. The van der Waals surface area contributed by atoms with Crippen molar-refractivity contribution in [1.82, 2.24) is 20.0 Å². The molecule has 4 heterocycles. The fraction of sp³-hybridized carbons (Fsp3) is 0.364. The Hall–Kier alpha value is -3.07. The van der Waals surface area contributed by atoms with Crippen LogP contribution in [0, 0.1) is 6.92 Å². The van der Waals surface area contributed by atoms with E-state index in [1.165, 1.54) is 17.3 Å². The Morgan fingerprint density at radius 3 is 3.10 bits per heavy atom. The third-order valence-electron chi connectivity index (χ3n) is 5.53. The first-order chi connectivity index (χ1) is 15.0. The molecule has 1 amide bonds. The molecule has 8 nitrogen and oxygen atoms in total. The number of rotatable bonds is 5. The van der Waals surface area contributed by atoms with Gasteiger partial charge in [-0.1, -0.05) is 29.1 Å². The van der Waals surface area contributed by atoms with E-state index in [-0.39, 0.29) is 36.6 Å². The van der Waals surface area contributed by atoms with Crippen LogP contribution in [0.2, 0.25) is 0 Å². The molecule has 1 N–H and O–H groups in total. The average molecular weight is 439 g/mol. The summed E-state index contributed by atoms with van der Waals surface area (Å²) in [5.74, 6) is 2.03. The topological polar surface area (TPSA) is 99.2 Å². The van der Waals surface area contributed by atoms with Crippen LogP contribution < -0.4 is 15.6 Å². The molecule has 0 bridgehead atoms. The number of benzene rings is 1. The molecule has 31 heavy (non-hydrogen) atoms. The molecule has 0 spiro atoms. The Balaban J connectivity index is 1.21. The molecule has 0 aliphatic carbocycles. The summed E-state index contributed by atoms with van der Waals surface area (Å²) in [7, 11) is 0. The van der Waals surface area contributed by atoms with Gasteiger partial charge in [0, 0.05) is 42.0 Å². The van der Waals surface area contributed by atoms with Crippen molar-refractivity contribution in [2.45, 2.75) is 50.5 Å². The van der Waals surface area contributed by atoms with Gasteiger partial charge in [0.1, 0.15) is 17.5 Å². The fourth-order valence-electron chi connectivity index (χ4n) is 3.93. The van der Waals surface area contributed by atoms with Gasteiger partial charge in [0.2, 0.25) is 5.91 Å². The van der Waals surface area contributed by atoms with Gasteiger partial charge < -0.3 is 14.6 Å². The number of carbonyl (C=O) groups excluding carboxylic acids is 1. The molecule has 0 fully saturated rings. The summed E-state index contributed by atoms with van der Waals surface area (Å²) in [5.41, 5.74) is 3.22. The Labute approximate surface area is 183 Å². The van der Waals surface area contributed by atoms with Gasteiger partial charge in [-0.2, -0.15) is 0 Å². The minimum Gasteiger partial charge on any atom is -0.490 e. The smallest absolute Gasteiger partial charge is 0.257 e. The van der Waals surface area contributed by atoms with E-state index >= 15 is 0 Å². The summed E-state index contributed by atoms with van der Waals surface area (Å²) in [4.78, 5) is 29.2. The lowest BCUT2D eigenvalue weighted by Crippen LogP contribution is -2.31. The highest BCUT2D eigenvalue weighted by atomic mass is 32.2. The second-order valence-electron chi connectivity index (χ2n) is 7.98. The van der Waals surface area contributed by atoms with Gasteiger partial charge in [0.15, 0.2) is 10.9 Å². The van der Waals surface area contributed by atoms with Crippen LogP contribution >= 0.6 is 11.8 Å². The molecule has 2 aliphatic heterocycles. The number of amides is 1. The van der Waals surface area contributed by atoms with Crippen molar-refractivity contribution in [2.75, 3.05) is 5.75 Å². The molecule has 3 aromatic rings. The van der Waals surface area contributed by atoms with E-state index in [9.17, 15) is 9.59 Å². The third kappa shape index (κ3) is 3.85. The van der Waals surface area contributed by atoms with Crippen LogP contribution in [0.4, 0.5) is 0 Å². The second-order valence-corrected chi connectivity index (χ2v) is 8.97. The Morgan fingerprint density at radius 1 is 1.35 bits per heavy atom. The van der Waals surface area contributed by atoms with Crippen LogP contribution in [0.5, 0.6) is 5.75 Å². The minimum atomic E-state index is -0.193. The number of hydrogen-bond donors (Lipinski definition) is 1. The summed E-state index contributed by atoms with van der Waals surface area (Å²) >= 11 is 1.50. The van der Waals surface area contributed by atoms with Gasteiger partial charge in [0.25, 0.3) is 5.56 Å². The molecule has 1 aromatic carbocycles. The molecule has 9 heteroatoms. The number of ether oxygens (including phenoxy) is 1. The molecule has 0 saturated heterocycles. The quantitative estimate of drug-likeness (QED) is 0.612. The first-order valence-corrected chi connectivity index (χ1v) is 11.2. The van der Waals surface area contributed by atoms with Crippen molar-refractivity contribution in [3.05, 3.63) is 57.6 Å². The van der Waals surface area contributed by atoms with Gasteiger partial charge >= 0.3 is 0 Å². The third-order valence-corrected chi connectivity index (χ3v) is 6.65. The van der Waals surface area contributed by atoms with Gasteiger partial charge in [0.05, 0.1) is 12.6 Å². The maximum absolute atomic E-state index is 12.5. The molecule has 2 atom stereocenters. The zero-order chi connectivity index (χ0) is 21.5. The first kappa shape index (κ1) is 19.9. The molecule has 0 saturated carbocycles. The normalized spacial score (nSPS) is 19.0. The maximum Gasteiger partial charge on any atom is 0.257 e.